The molecule has 0 amide bonds. The topological polar surface area (TPSA) is 58.1 Å². The van der Waals surface area contributed by atoms with Crippen LogP contribution in [-0.4, -0.2) is 28.1 Å². The summed E-state index contributed by atoms with van der Waals surface area (Å²) in [4.78, 5) is 9.65. The number of hydrogen-bond acceptors (Lipinski definition) is 3. The van der Waals surface area contributed by atoms with Crippen molar-refractivity contribution in [2.45, 2.75) is 26.2 Å². The van der Waals surface area contributed by atoms with Crippen molar-refractivity contribution < 1.29 is 34.0 Å². The molecule has 0 aliphatic rings. The molecule has 73 heavy (non-hydrogen) atoms. The van der Waals surface area contributed by atoms with Crippen LogP contribution in [0.1, 0.15) is 51.0 Å². The van der Waals surface area contributed by atoms with Crippen LogP contribution in [0.5, 0.6) is 11.5 Å². The van der Waals surface area contributed by atoms with Gasteiger partial charge in [-0.3, -0.25) is 22.7 Å². The lowest BCUT2D eigenvalue weighted by molar-refractivity contribution is -0.571. The van der Waals surface area contributed by atoms with Crippen molar-refractivity contribution in [2.24, 2.45) is 0 Å². The monoisotopic (exact) mass is 959 g/mol. The molecular weight excluding hydrogens is 895 g/mol. The summed E-state index contributed by atoms with van der Waals surface area (Å²) in [5.74, 6) is 1.41. The van der Waals surface area contributed by atoms with E-state index >= 15 is 0 Å². The maximum Gasteiger partial charge on any atom is 0.269 e. The molecular formula is C65H47N7O. The van der Waals surface area contributed by atoms with Gasteiger partial charge in [0.2, 0.25) is 5.78 Å². The molecule has 8 nitrogen and oxygen atoms in total. The van der Waals surface area contributed by atoms with E-state index < -0.39 is 103 Å². The molecule has 0 saturated carbocycles. The van der Waals surface area contributed by atoms with Crippen LogP contribution in [-0.2, 0) is 5.41 Å². The normalized spacial score (nSPS) is 15.5. The Morgan fingerprint density at radius 1 is 0.534 bits per heavy atom. The van der Waals surface area contributed by atoms with Crippen LogP contribution in [0.2, 0.25) is 0 Å². The Kier molecular flexibility index (Phi) is 6.29. The highest BCUT2D eigenvalue weighted by atomic mass is 16.5. The highest BCUT2D eigenvalue weighted by Crippen LogP contribution is 2.40. The second-order valence-electron chi connectivity index (χ2n) is 18.4. The van der Waals surface area contributed by atoms with Crippen LogP contribution < -0.4 is 9.30 Å². The molecule has 8 heteroatoms. The minimum Gasteiger partial charge on any atom is -0.458 e. The molecule has 0 spiro atoms. The first-order valence-electron chi connectivity index (χ1n) is 32.3. The van der Waals surface area contributed by atoms with Gasteiger partial charge < -0.3 is 4.74 Å². The lowest BCUT2D eigenvalue weighted by Gasteiger charge is -2.20. The van der Waals surface area contributed by atoms with Crippen molar-refractivity contribution in [3.05, 3.63) is 242 Å². The Morgan fingerprint density at radius 2 is 1.23 bits per heavy atom. The zero-order valence-corrected chi connectivity index (χ0v) is 39.1. The van der Waals surface area contributed by atoms with E-state index in [2.05, 4.69) is 27.1 Å². The SMILES string of the molecule is [2H]c1c([2H])c([2H])c(-c2cccc(-c3c([2H])c([2H])c([2H])c([2H])c3[2H])c2-[n+]2[c-]n(-c3cccc(Oc4ccc5c6cc(-n7c8c([2H])c([2H])c([2H])c([2H])c8n8c9c([2H])c([2H])c([2H])c([2H])c9nc78)ccc6n(-c6cc(C(C)(C)C)ccn6)c5c4)c3)c3ccccc32)c([2H])c1[2H]. The van der Waals surface area contributed by atoms with E-state index in [1.807, 2.05) is 59.2 Å². The molecule has 5 aromatic heterocycles. The first-order chi connectivity index (χ1) is 43.3. The Hall–Kier alpha value is -9.53. The zero-order chi connectivity index (χ0) is 64.5. The van der Waals surface area contributed by atoms with Gasteiger partial charge in [-0.2, -0.15) is 0 Å². The van der Waals surface area contributed by atoms with E-state index in [0.717, 1.165) is 10.9 Å². The summed E-state index contributed by atoms with van der Waals surface area (Å²) in [5.41, 5.74) is 3.94. The van der Waals surface area contributed by atoms with Crippen LogP contribution in [0, 0.1) is 6.33 Å². The standard InChI is InChI=1S/C65H47N7O/c1-65(2,3)45-36-37-66-62(38-45)71-55-35-32-47(70-59-30-14-15-31-60(59)72-56-27-11-10-26-54(56)67-64(70)72)40-53(55)52-34-33-49(41-61(52)71)73-48-23-16-22-46(39-48)68-42-69(58-29-13-12-28-57(58)68)63-50(43-18-6-4-7-19-43)24-17-25-51(63)44-20-8-5-9-21-44/h4-41H,1-3H3/i4D,5D,6D,7D,8D,9D,10D,11D,14D,15D,18D,19D,20D,21D,26D,27D,30D,31D. The molecule has 0 aliphatic heterocycles. The molecule has 9 aromatic carbocycles. The summed E-state index contributed by atoms with van der Waals surface area (Å²) >= 11 is 0. The van der Waals surface area contributed by atoms with E-state index in [0.29, 0.717) is 56.1 Å². The smallest absolute Gasteiger partial charge is 0.269 e. The summed E-state index contributed by atoms with van der Waals surface area (Å²) in [6.45, 7) is 6.30. The van der Waals surface area contributed by atoms with Crippen molar-refractivity contribution in [3.63, 3.8) is 0 Å². The van der Waals surface area contributed by atoms with Crippen molar-refractivity contribution in [3.8, 4) is 56.6 Å². The van der Waals surface area contributed by atoms with E-state index in [1.165, 1.54) is 4.40 Å². The maximum atomic E-state index is 9.25. The molecule has 0 radical (unpaired) electrons. The summed E-state index contributed by atoms with van der Waals surface area (Å²) in [5, 5.41) is 1.42. The Bertz CT molecular complexity index is 5420. The van der Waals surface area contributed by atoms with E-state index in [1.54, 1.807) is 80.6 Å². The van der Waals surface area contributed by atoms with Gasteiger partial charge >= 0.3 is 0 Å². The van der Waals surface area contributed by atoms with Gasteiger partial charge in [0, 0.05) is 28.7 Å². The fourth-order valence-corrected chi connectivity index (χ4v) is 9.76. The molecule has 0 unspecified atom stereocenters. The van der Waals surface area contributed by atoms with Gasteiger partial charge in [0.1, 0.15) is 17.3 Å². The van der Waals surface area contributed by atoms with Gasteiger partial charge in [-0.1, -0.05) is 154 Å². The Labute approximate surface area is 446 Å². The van der Waals surface area contributed by atoms with Crippen molar-refractivity contribution in [1.82, 2.24) is 28.1 Å². The van der Waals surface area contributed by atoms with E-state index in [-0.39, 0.29) is 67.2 Å². The third-order valence-corrected chi connectivity index (χ3v) is 13.1. The van der Waals surface area contributed by atoms with Crippen LogP contribution >= 0.6 is 0 Å². The summed E-state index contributed by atoms with van der Waals surface area (Å²) in [6.07, 6.45) is 5.16. The minimum atomic E-state index is -0.608. The van der Waals surface area contributed by atoms with Crippen LogP contribution in [0.15, 0.2) is 230 Å². The largest absolute Gasteiger partial charge is 0.458 e. The number of aromatic nitrogens is 7. The van der Waals surface area contributed by atoms with E-state index in [9.17, 15) is 1.37 Å². The highest BCUT2D eigenvalue weighted by molar-refractivity contribution is 6.10. The number of pyridine rings is 1. The average molecular weight is 960 g/mol. The number of rotatable bonds is 8. The van der Waals surface area contributed by atoms with Crippen molar-refractivity contribution in [1.29, 1.82) is 0 Å². The quantitative estimate of drug-likeness (QED) is 0.113. The summed E-state index contributed by atoms with van der Waals surface area (Å²) < 4.78 is 173. The molecule has 0 atom stereocenters. The third-order valence-electron chi connectivity index (χ3n) is 13.1. The summed E-state index contributed by atoms with van der Waals surface area (Å²) in [7, 11) is 0. The molecule has 14 aromatic rings. The molecule has 0 aliphatic carbocycles. The predicted molar refractivity (Wildman–Crippen MR) is 295 cm³/mol. The second-order valence-corrected chi connectivity index (χ2v) is 18.4. The third kappa shape index (κ3) is 6.94. The molecule has 0 saturated heterocycles. The molecule has 0 bridgehead atoms. The van der Waals surface area contributed by atoms with Gasteiger partial charge in [-0.25, -0.2) is 9.97 Å². The summed E-state index contributed by atoms with van der Waals surface area (Å²) in [6, 6.07) is 24.7. The van der Waals surface area contributed by atoms with E-state index in [4.69, 9.17) is 38.0 Å². The van der Waals surface area contributed by atoms with Crippen molar-refractivity contribution in [2.75, 3.05) is 0 Å². The number of para-hydroxylation sites is 7. The highest BCUT2D eigenvalue weighted by Gasteiger charge is 2.23. The second kappa shape index (κ2) is 16.5. The van der Waals surface area contributed by atoms with Crippen molar-refractivity contribution >= 4 is 60.7 Å². The molecule has 0 N–H and O–H groups in total. The lowest BCUT2D eigenvalue weighted by atomic mass is 9.88. The number of fused-ring (bicyclic) bond motifs is 9. The maximum absolute atomic E-state index is 9.25. The average Bonchev–Trinajstić information content (AvgIpc) is 1.54. The van der Waals surface area contributed by atoms with Gasteiger partial charge in [-0.05, 0) is 118 Å². The van der Waals surface area contributed by atoms with Crippen LogP contribution in [0.3, 0.4) is 0 Å². The number of benzene rings is 9. The first-order valence-corrected chi connectivity index (χ1v) is 23.3. The fraction of sp³-hybridized carbons (Fsp3) is 0.0615. The Balaban J connectivity index is 0.943. The van der Waals surface area contributed by atoms with Gasteiger partial charge in [0.15, 0.2) is 0 Å². The lowest BCUT2D eigenvalue weighted by Crippen LogP contribution is -2.31. The Morgan fingerprint density at radius 3 is 2.01 bits per heavy atom. The van der Waals surface area contributed by atoms with Gasteiger partial charge in [0.05, 0.1) is 80.2 Å². The number of imidazole rings is 3. The van der Waals surface area contributed by atoms with Gasteiger partial charge in [0.25, 0.3) is 6.33 Å². The number of hydrogen-bond donors (Lipinski definition) is 0. The molecule has 14 rings (SSSR count). The molecule has 5 heterocycles. The number of ether oxygens (including phenoxy) is 1. The molecule has 0 fully saturated rings. The van der Waals surface area contributed by atoms with Crippen LogP contribution in [0.25, 0.3) is 106 Å². The fourth-order valence-electron chi connectivity index (χ4n) is 9.76. The number of nitrogens with zero attached hydrogens (tertiary/aromatic N) is 7. The molecule has 348 valence electrons. The van der Waals surface area contributed by atoms with Gasteiger partial charge in [-0.15, -0.1) is 0 Å². The minimum absolute atomic E-state index is 0.0223. The van der Waals surface area contributed by atoms with Crippen LogP contribution in [0.4, 0.5) is 0 Å². The zero-order valence-electron chi connectivity index (χ0n) is 57.1. The first kappa shape index (κ1) is 27.8. The predicted octanol–water partition coefficient (Wildman–Crippen LogP) is 15.4.